The monoisotopic (exact) mass is 208 g/mol. The maximum Gasteiger partial charge on any atom is 0.238 e. The van der Waals surface area contributed by atoms with Gasteiger partial charge in [0.15, 0.2) is 0 Å². The largest absolute Gasteiger partial charge is 0.495 e. The molecule has 1 N–H and O–H groups in total. The molecule has 1 amide bonds. The van der Waals surface area contributed by atoms with E-state index in [9.17, 15) is 4.79 Å². The molecule has 82 valence electrons. The third-order valence-corrected chi connectivity index (χ3v) is 1.84. The molecule has 0 aromatic heterocycles. The van der Waals surface area contributed by atoms with Crippen LogP contribution >= 0.6 is 0 Å². The molecular weight excluding hydrogens is 192 g/mol. The van der Waals surface area contributed by atoms with Gasteiger partial charge in [-0.15, -0.1) is 0 Å². The van der Waals surface area contributed by atoms with Gasteiger partial charge in [-0.25, -0.2) is 0 Å². The fourth-order valence-electron chi connectivity index (χ4n) is 1.22. The summed E-state index contributed by atoms with van der Waals surface area (Å²) in [7, 11) is 5.28. The standard InChI is InChI=1S/C11H16N2O2/c1-13(2)8-11(14)12-9-6-4-5-7-10(9)15-3/h4-7H,8H2,1-3H3,(H,12,14). The lowest BCUT2D eigenvalue weighted by Gasteiger charge is -2.12. The number of likely N-dealkylation sites (N-methyl/N-ethyl adjacent to an activating group) is 1. The van der Waals surface area contributed by atoms with Gasteiger partial charge in [-0.2, -0.15) is 0 Å². The first-order valence-electron chi connectivity index (χ1n) is 4.71. The first-order chi connectivity index (χ1) is 7.13. The first-order valence-corrected chi connectivity index (χ1v) is 4.71. The van der Waals surface area contributed by atoms with E-state index in [1.54, 1.807) is 7.11 Å². The number of nitrogens with zero attached hydrogens (tertiary/aromatic N) is 1. The number of carbonyl (C=O) groups is 1. The van der Waals surface area contributed by atoms with Crippen molar-refractivity contribution in [3.63, 3.8) is 0 Å². The molecule has 4 nitrogen and oxygen atoms in total. The Morgan fingerprint density at radius 2 is 2.07 bits per heavy atom. The molecule has 0 atom stereocenters. The molecule has 0 saturated carbocycles. The van der Waals surface area contributed by atoms with Crippen molar-refractivity contribution in [1.82, 2.24) is 4.90 Å². The molecule has 1 aromatic carbocycles. The van der Waals surface area contributed by atoms with E-state index in [0.717, 1.165) is 0 Å². The molecule has 1 rings (SSSR count). The fraction of sp³-hybridized carbons (Fsp3) is 0.364. The lowest BCUT2D eigenvalue weighted by Crippen LogP contribution is -2.27. The summed E-state index contributed by atoms with van der Waals surface area (Å²) in [5.41, 5.74) is 0.701. The van der Waals surface area contributed by atoms with Crippen LogP contribution in [0, 0.1) is 0 Å². The first kappa shape index (κ1) is 11.5. The maximum absolute atomic E-state index is 11.5. The Kier molecular flexibility index (Phi) is 4.12. The third kappa shape index (κ3) is 3.59. The lowest BCUT2D eigenvalue weighted by atomic mass is 10.3. The van der Waals surface area contributed by atoms with Crippen LogP contribution in [-0.2, 0) is 4.79 Å². The summed E-state index contributed by atoms with van der Waals surface area (Å²) in [4.78, 5) is 13.3. The SMILES string of the molecule is COc1ccccc1NC(=O)CN(C)C. The average Bonchev–Trinajstić information content (AvgIpc) is 2.17. The third-order valence-electron chi connectivity index (χ3n) is 1.84. The number of methoxy groups -OCH3 is 1. The number of rotatable bonds is 4. The molecule has 0 spiro atoms. The Morgan fingerprint density at radius 3 is 2.67 bits per heavy atom. The van der Waals surface area contributed by atoms with E-state index in [1.807, 2.05) is 43.3 Å². The Hall–Kier alpha value is -1.55. The molecule has 0 fully saturated rings. The molecule has 0 radical (unpaired) electrons. The van der Waals surface area contributed by atoms with Crippen molar-refractivity contribution in [3.8, 4) is 5.75 Å². The van der Waals surface area contributed by atoms with Gasteiger partial charge in [0.2, 0.25) is 5.91 Å². The zero-order valence-electron chi connectivity index (χ0n) is 9.28. The molecule has 1 aromatic rings. The quantitative estimate of drug-likeness (QED) is 0.808. The van der Waals surface area contributed by atoms with Gasteiger partial charge in [0.05, 0.1) is 19.3 Å². The Morgan fingerprint density at radius 1 is 1.40 bits per heavy atom. The summed E-state index contributed by atoms with van der Waals surface area (Å²) in [6.07, 6.45) is 0. The molecule has 0 aliphatic carbocycles. The predicted octanol–water partition coefficient (Wildman–Crippen LogP) is 1.20. The van der Waals surface area contributed by atoms with Gasteiger partial charge in [-0.1, -0.05) is 12.1 Å². The Bertz CT molecular complexity index is 337. The molecule has 0 unspecified atom stereocenters. The smallest absolute Gasteiger partial charge is 0.238 e. The van der Waals surface area contributed by atoms with E-state index in [1.165, 1.54) is 0 Å². The topological polar surface area (TPSA) is 41.6 Å². The van der Waals surface area contributed by atoms with Crippen molar-refractivity contribution in [2.45, 2.75) is 0 Å². The van der Waals surface area contributed by atoms with Crippen molar-refractivity contribution in [1.29, 1.82) is 0 Å². The van der Waals surface area contributed by atoms with E-state index < -0.39 is 0 Å². The molecule has 0 aliphatic heterocycles. The number of anilines is 1. The van der Waals surface area contributed by atoms with E-state index in [2.05, 4.69) is 5.32 Å². The predicted molar refractivity (Wildman–Crippen MR) is 60.2 cm³/mol. The van der Waals surface area contributed by atoms with Crippen LogP contribution in [0.1, 0.15) is 0 Å². The van der Waals surface area contributed by atoms with Crippen molar-refractivity contribution in [3.05, 3.63) is 24.3 Å². The van der Waals surface area contributed by atoms with Crippen LogP contribution in [0.5, 0.6) is 5.75 Å². The van der Waals surface area contributed by atoms with E-state index >= 15 is 0 Å². The van der Waals surface area contributed by atoms with Crippen molar-refractivity contribution >= 4 is 11.6 Å². The number of nitrogens with one attached hydrogen (secondary N) is 1. The summed E-state index contributed by atoms with van der Waals surface area (Å²) in [5.74, 6) is 0.620. The van der Waals surface area contributed by atoms with E-state index in [-0.39, 0.29) is 5.91 Å². The van der Waals surface area contributed by atoms with Crippen LogP contribution in [0.4, 0.5) is 5.69 Å². The average molecular weight is 208 g/mol. The van der Waals surface area contributed by atoms with Gasteiger partial charge in [0.1, 0.15) is 5.75 Å². The molecule has 4 heteroatoms. The molecule has 15 heavy (non-hydrogen) atoms. The number of carbonyl (C=O) groups excluding carboxylic acids is 1. The number of para-hydroxylation sites is 2. The van der Waals surface area contributed by atoms with Gasteiger partial charge in [0, 0.05) is 0 Å². The molecule has 0 heterocycles. The summed E-state index contributed by atoms with van der Waals surface area (Å²) in [5, 5.41) is 2.79. The van der Waals surface area contributed by atoms with E-state index in [0.29, 0.717) is 18.0 Å². The van der Waals surface area contributed by atoms with Crippen molar-refractivity contribution in [2.75, 3.05) is 33.1 Å². The highest BCUT2D eigenvalue weighted by molar-refractivity contribution is 5.93. The van der Waals surface area contributed by atoms with Gasteiger partial charge in [-0.05, 0) is 26.2 Å². The van der Waals surface area contributed by atoms with Crippen LogP contribution in [0.15, 0.2) is 24.3 Å². The highest BCUT2D eigenvalue weighted by Crippen LogP contribution is 2.22. The van der Waals surface area contributed by atoms with Gasteiger partial charge < -0.3 is 15.0 Å². The number of hydrogen-bond donors (Lipinski definition) is 1. The zero-order chi connectivity index (χ0) is 11.3. The second kappa shape index (κ2) is 5.36. The van der Waals surface area contributed by atoms with Crippen LogP contribution in [0.25, 0.3) is 0 Å². The highest BCUT2D eigenvalue weighted by Gasteiger charge is 2.06. The van der Waals surface area contributed by atoms with Gasteiger partial charge in [-0.3, -0.25) is 4.79 Å². The van der Waals surface area contributed by atoms with Crippen molar-refractivity contribution < 1.29 is 9.53 Å². The summed E-state index contributed by atoms with van der Waals surface area (Å²) >= 11 is 0. The Balaban J connectivity index is 2.67. The number of hydrogen-bond acceptors (Lipinski definition) is 3. The fourth-order valence-corrected chi connectivity index (χ4v) is 1.22. The molecular formula is C11H16N2O2. The summed E-state index contributed by atoms with van der Waals surface area (Å²) in [6.45, 7) is 0.359. The highest BCUT2D eigenvalue weighted by atomic mass is 16.5. The zero-order valence-corrected chi connectivity index (χ0v) is 9.28. The minimum atomic E-state index is -0.0514. The van der Waals surface area contributed by atoms with Crippen LogP contribution in [-0.4, -0.2) is 38.6 Å². The number of amides is 1. The Labute approximate surface area is 89.8 Å². The number of ether oxygens (including phenoxy) is 1. The van der Waals surface area contributed by atoms with Crippen molar-refractivity contribution in [2.24, 2.45) is 0 Å². The second-order valence-corrected chi connectivity index (χ2v) is 3.49. The lowest BCUT2D eigenvalue weighted by molar-refractivity contribution is -0.116. The molecule has 0 aliphatic rings. The second-order valence-electron chi connectivity index (χ2n) is 3.49. The van der Waals surface area contributed by atoms with Gasteiger partial charge >= 0.3 is 0 Å². The summed E-state index contributed by atoms with van der Waals surface area (Å²) < 4.78 is 5.12. The minimum absolute atomic E-state index is 0.0514. The van der Waals surface area contributed by atoms with Crippen LogP contribution in [0.2, 0.25) is 0 Å². The number of benzene rings is 1. The molecule has 0 saturated heterocycles. The normalized spacial score (nSPS) is 10.1. The molecule has 0 bridgehead atoms. The minimum Gasteiger partial charge on any atom is -0.495 e. The maximum atomic E-state index is 11.5. The van der Waals surface area contributed by atoms with E-state index in [4.69, 9.17) is 4.74 Å². The summed E-state index contributed by atoms with van der Waals surface area (Å²) in [6, 6.07) is 7.34. The van der Waals surface area contributed by atoms with Gasteiger partial charge in [0.25, 0.3) is 0 Å². The van der Waals surface area contributed by atoms with Crippen LogP contribution in [0.3, 0.4) is 0 Å². The van der Waals surface area contributed by atoms with Crippen LogP contribution < -0.4 is 10.1 Å².